The zero-order valence-corrected chi connectivity index (χ0v) is 20.0. The summed E-state index contributed by atoms with van der Waals surface area (Å²) in [5.41, 5.74) is 0.742. The van der Waals surface area contributed by atoms with Crippen molar-refractivity contribution in [3.63, 3.8) is 0 Å². The van der Waals surface area contributed by atoms with Crippen LogP contribution < -0.4 is 10.1 Å². The number of nitrogens with one attached hydrogen (secondary N) is 1. The number of Topliss-reactive ketones (excluding diaryl/α,β-unsaturated/α-hetero) is 1. The standard InChI is InChI=1S/C26H28FN3O5/c1-16-9-5-6-10-17(16)19(14-24(32)33)28-25(34)20-13-23(35-15-22(31)26(2,3)4)30(29-20)21-12-8-7-11-18(21)27/h5-13,19H,14-15H2,1-4H3,(H,28,34)(H,32,33)/t19-/m0/s1. The van der Waals surface area contributed by atoms with E-state index in [1.165, 1.54) is 24.3 Å². The maximum Gasteiger partial charge on any atom is 0.305 e. The van der Waals surface area contributed by atoms with Crippen LogP contribution in [0.1, 0.15) is 54.8 Å². The highest BCUT2D eigenvalue weighted by Crippen LogP contribution is 2.25. The zero-order chi connectivity index (χ0) is 25.8. The summed E-state index contributed by atoms with van der Waals surface area (Å²) in [6.45, 7) is 6.77. The second kappa shape index (κ2) is 10.5. The molecule has 1 atom stereocenters. The fraction of sp³-hybridized carbons (Fsp3) is 0.308. The molecule has 0 spiro atoms. The molecule has 2 N–H and O–H groups in total. The highest BCUT2D eigenvalue weighted by Gasteiger charge is 2.26. The van der Waals surface area contributed by atoms with E-state index < -0.39 is 29.2 Å². The Labute approximate surface area is 202 Å². The van der Waals surface area contributed by atoms with Gasteiger partial charge in [0.05, 0.1) is 12.5 Å². The topological polar surface area (TPSA) is 111 Å². The number of rotatable bonds is 9. The van der Waals surface area contributed by atoms with Crippen LogP contribution in [0.5, 0.6) is 5.88 Å². The van der Waals surface area contributed by atoms with Crippen LogP contribution in [0, 0.1) is 18.2 Å². The van der Waals surface area contributed by atoms with Gasteiger partial charge in [-0.3, -0.25) is 14.4 Å². The first-order chi connectivity index (χ1) is 16.5. The van der Waals surface area contributed by atoms with Gasteiger partial charge in [0.1, 0.15) is 18.1 Å². The molecule has 8 nitrogen and oxygen atoms in total. The van der Waals surface area contributed by atoms with E-state index in [2.05, 4.69) is 10.4 Å². The summed E-state index contributed by atoms with van der Waals surface area (Å²) in [5, 5.41) is 16.3. The molecular formula is C26H28FN3O5. The summed E-state index contributed by atoms with van der Waals surface area (Å²) in [6, 6.07) is 13.4. The quantitative estimate of drug-likeness (QED) is 0.473. The lowest BCUT2D eigenvalue weighted by Gasteiger charge is -2.18. The molecule has 0 saturated carbocycles. The van der Waals surface area contributed by atoms with Crippen molar-refractivity contribution in [2.24, 2.45) is 5.41 Å². The van der Waals surface area contributed by atoms with E-state index in [1.807, 2.05) is 19.1 Å². The summed E-state index contributed by atoms with van der Waals surface area (Å²) in [7, 11) is 0. The molecule has 184 valence electrons. The van der Waals surface area contributed by atoms with Crippen LogP contribution >= 0.6 is 0 Å². The summed E-state index contributed by atoms with van der Waals surface area (Å²) in [6.07, 6.45) is -0.339. The van der Waals surface area contributed by atoms with Crippen molar-refractivity contribution < 1.29 is 28.6 Å². The number of carboxylic acids is 1. The number of aromatic nitrogens is 2. The highest BCUT2D eigenvalue weighted by atomic mass is 19.1. The van der Waals surface area contributed by atoms with Crippen molar-refractivity contribution in [2.75, 3.05) is 6.61 Å². The molecule has 35 heavy (non-hydrogen) atoms. The summed E-state index contributed by atoms with van der Waals surface area (Å²) >= 11 is 0. The van der Waals surface area contributed by atoms with Crippen molar-refractivity contribution in [2.45, 2.75) is 40.2 Å². The fourth-order valence-electron chi connectivity index (χ4n) is 3.35. The van der Waals surface area contributed by atoms with Crippen molar-refractivity contribution >= 4 is 17.7 Å². The van der Waals surface area contributed by atoms with E-state index >= 15 is 0 Å². The Kier molecular flexibility index (Phi) is 7.68. The minimum atomic E-state index is -1.08. The summed E-state index contributed by atoms with van der Waals surface area (Å²) < 4.78 is 21.3. The van der Waals surface area contributed by atoms with Crippen LogP contribution in [0.2, 0.25) is 0 Å². The van der Waals surface area contributed by atoms with Crippen molar-refractivity contribution in [1.82, 2.24) is 15.1 Å². The molecule has 9 heteroatoms. The van der Waals surface area contributed by atoms with Crippen LogP contribution in [0.25, 0.3) is 5.69 Å². The molecule has 3 rings (SSSR count). The number of ketones is 1. The third-order valence-electron chi connectivity index (χ3n) is 5.43. The lowest BCUT2D eigenvalue weighted by atomic mass is 9.91. The van der Waals surface area contributed by atoms with Gasteiger partial charge in [0.15, 0.2) is 11.5 Å². The molecule has 0 fully saturated rings. The maximum atomic E-state index is 14.5. The molecule has 2 aromatic carbocycles. The number of carboxylic acid groups (broad SMARTS) is 1. The number of hydrogen-bond donors (Lipinski definition) is 2. The monoisotopic (exact) mass is 481 g/mol. The van der Waals surface area contributed by atoms with Crippen LogP contribution in [0.4, 0.5) is 4.39 Å². The Hall–Kier alpha value is -4.01. The van der Waals surface area contributed by atoms with Gasteiger partial charge < -0.3 is 15.2 Å². The molecular weight excluding hydrogens is 453 g/mol. The van der Waals surface area contributed by atoms with E-state index in [9.17, 15) is 23.9 Å². The average molecular weight is 482 g/mol. The van der Waals surface area contributed by atoms with Crippen LogP contribution in [-0.2, 0) is 9.59 Å². The predicted octanol–water partition coefficient (Wildman–Crippen LogP) is 4.26. The molecule has 1 aromatic heterocycles. The van der Waals surface area contributed by atoms with E-state index in [0.29, 0.717) is 5.56 Å². The first-order valence-corrected chi connectivity index (χ1v) is 11.1. The lowest BCUT2D eigenvalue weighted by Crippen LogP contribution is -2.31. The number of aliphatic carboxylic acids is 1. The van der Waals surface area contributed by atoms with Gasteiger partial charge in [0, 0.05) is 11.5 Å². The Morgan fingerprint density at radius 3 is 2.40 bits per heavy atom. The Bertz CT molecular complexity index is 1250. The molecule has 0 aliphatic carbocycles. The normalized spacial score (nSPS) is 12.1. The van der Waals surface area contributed by atoms with E-state index in [0.717, 1.165) is 10.2 Å². The summed E-state index contributed by atoms with van der Waals surface area (Å²) in [5.74, 6) is -2.53. The number of halogens is 1. The molecule has 0 saturated heterocycles. The number of amides is 1. The van der Waals surface area contributed by atoms with Crippen LogP contribution in [0.15, 0.2) is 54.6 Å². The number of nitrogens with zero attached hydrogens (tertiary/aromatic N) is 2. The molecule has 0 bridgehead atoms. The number of para-hydroxylation sites is 1. The van der Waals surface area contributed by atoms with Crippen molar-refractivity contribution in [3.05, 3.63) is 77.2 Å². The van der Waals surface area contributed by atoms with E-state index in [-0.39, 0.29) is 36.1 Å². The number of hydrogen-bond acceptors (Lipinski definition) is 5. The Balaban J connectivity index is 1.95. The van der Waals surface area contributed by atoms with Gasteiger partial charge in [-0.1, -0.05) is 57.2 Å². The molecule has 1 heterocycles. The van der Waals surface area contributed by atoms with E-state index in [4.69, 9.17) is 4.74 Å². The van der Waals surface area contributed by atoms with Gasteiger partial charge in [-0.2, -0.15) is 9.78 Å². The van der Waals surface area contributed by atoms with E-state index in [1.54, 1.807) is 39.0 Å². The first kappa shape index (κ1) is 25.6. The number of carbonyl (C=O) groups excluding carboxylic acids is 2. The van der Waals surface area contributed by atoms with Gasteiger partial charge >= 0.3 is 5.97 Å². The lowest BCUT2D eigenvalue weighted by molar-refractivity contribution is -0.137. The molecule has 0 unspecified atom stereocenters. The number of aryl methyl sites for hydroxylation is 1. The van der Waals surface area contributed by atoms with Crippen LogP contribution in [-0.4, -0.2) is 39.2 Å². The van der Waals surface area contributed by atoms with Gasteiger partial charge in [0.2, 0.25) is 5.88 Å². The highest BCUT2D eigenvalue weighted by molar-refractivity contribution is 5.93. The van der Waals surface area contributed by atoms with Crippen LogP contribution in [0.3, 0.4) is 0 Å². The summed E-state index contributed by atoms with van der Waals surface area (Å²) in [4.78, 5) is 36.9. The largest absolute Gasteiger partial charge is 0.481 e. The Morgan fingerprint density at radius 1 is 1.11 bits per heavy atom. The molecule has 1 amide bonds. The Morgan fingerprint density at radius 2 is 1.77 bits per heavy atom. The smallest absolute Gasteiger partial charge is 0.305 e. The number of ether oxygens (including phenoxy) is 1. The fourth-order valence-corrected chi connectivity index (χ4v) is 3.35. The van der Waals surface area contributed by atoms with Gasteiger partial charge in [-0.25, -0.2) is 4.39 Å². The SMILES string of the molecule is Cc1ccccc1[C@H](CC(=O)O)NC(=O)c1cc(OCC(=O)C(C)(C)C)n(-c2ccccc2F)n1. The van der Waals surface area contributed by atoms with Crippen molar-refractivity contribution in [3.8, 4) is 11.6 Å². The molecule has 0 aliphatic rings. The molecule has 0 radical (unpaired) electrons. The number of benzene rings is 2. The number of carbonyl (C=O) groups is 3. The average Bonchev–Trinajstić information content (AvgIpc) is 3.21. The van der Waals surface area contributed by atoms with Gasteiger partial charge in [-0.15, -0.1) is 0 Å². The van der Waals surface area contributed by atoms with Crippen molar-refractivity contribution in [1.29, 1.82) is 0 Å². The van der Waals surface area contributed by atoms with Gasteiger partial charge in [-0.05, 0) is 30.2 Å². The maximum absolute atomic E-state index is 14.5. The first-order valence-electron chi connectivity index (χ1n) is 11.1. The third-order valence-corrected chi connectivity index (χ3v) is 5.43. The second-order valence-corrected chi connectivity index (χ2v) is 9.17. The minimum absolute atomic E-state index is 0.00327. The molecule has 0 aliphatic heterocycles. The molecule has 3 aromatic rings. The van der Waals surface area contributed by atoms with Gasteiger partial charge in [0.25, 0.3) is 5.91 Å². The second-order valence-electron chi connectivity index (χ2n) is 9.17. The third kappa shape index (κ3) is 6.32. The minimum Gasteiger partial charge on any atom is -0.481 e. The zero-order valence-electron chi connectivity index (χ0n) is 20.0. The predicted molar refractivity (Wildman–Crippen MR) is 127 cm³/mol.